The third-order valence-corrected chi connectivity index (χ3v) is 13.5. The predicted molar refractivity (Wildman–Crippen MR) is 178 cm³/mol. The third kappa shape index (κ3) is 6.45. The van der Waals surface area contributed by atoms with Crippen molar-refractivity contribution in [2.75, 3.05) is 0 Å². The van der Waals surface area contributed by atoms with E-state index in [4.69, 9.17) is 21.1 Å². The molecule has 4 heteroatoms. The number of carbonyl (C=O) groups excluding carboxylic acids is 1. The SMILES string of the molecule is CC[C@H](CC[C@@H](C)[C@H]1CC[C@H]2[C@@H]3CC=C4CC(OC(=O)C(C)(C)Oc5ccc(Cl)cc5)CC[C@]4(C)[C@H]3CC[C@]12C)C(C)C. The van der Waals surface area contributed by atoms with Crippen LogP contribution in [0.1, 0.15) is 126 Å². The monoisotopic (exact) mass is 610 g/mol. The maximum Gasteiger partial charge on any atom is 0.350 e. The Morgan fingerprint density at radius 3 is 2.40 bits per heavy atom. The number of rotatable bonds is 10. The van der Waals surface area contributed by atoms with Crippen LogP contribution in [0.5, 0.6) is 5.75 Å². The summed E-state index contributed by atoms with van der Waals surface area (Å²) in [6.45, 7) is 18.6. The molecule has 0 aromatic heterocycles. The van der Waals surface area contributed by atoms with Crippen molar-refractivity contribution < 1.29 is 14.3 Å². The molecule has 0 aliphatic heterocycles. The van der Waals surface area contributed by atoms with Gasteiger partial charge in [-0.1, -0.05) is 77.6 Å². The lowest BCUT2D eigenvalue weighted by atomic mass is 9.47. The normalized spacial score (nSPS) is 35.3. The molecule has 1 unspecified atom stereocenters. The van der Waals surface area contributed by atoms with E-state index >= 15 is 0 Å². The molecule has 3 nitrogen and oxygen atoms in total. The van der Waals surface area contributed by atoms with Gasteiger partial charge in [0.15, 0.2) is 5.60 Å². The number of hydrogen-bond donors (Lipinski definition) is 0. The van der Waals surface area contributed by atoms with Gasteiger partial charge in [-0.2, -0.15) is 0 Å². The Morgan fingerprint density at radius 2 is 1.72 bits per heavy atom. The van der Waals surface area contributed by atoms with E-state index in [1.165, 1.54) is 51.4 Å². The van der Waals surface area contributed by atoms with Crippen molar-refractivity contribution in [1.82, 2.24) is 0 Å². The van der Waals surface area contributed by atoms with E-state index in [0.717, 1.165) is 60.7 Å². The van der Waals surface area contributed by atoms with E-state index in [-0.39, 0.29) is 17.5 Å². The highest BCUT2D eigenvalue weighted by molar-refractivity contribution is 6.30. The van der Waals surface area contributed by atoms with Crippen molar-refractivity contribution in [1.29, 1.82) is 0 Å². The molecule has 9 atom stereocenters. The molecule has 240 valence electrons. The summed E-state index contributed by atoms with van der Waals surface area (Å²) >= 11 is 6.02. The van der Waals surface area contributed by atoms with Gasteiger partial charge in [0.2, 0.25) is 0 Å². The highest BCUT2D eigenvalue weighted by Crippen LogP contribution is 2.67. The Balaban J connectivity index is 1.22. The minimum Gasteiger partial charge on any atom is -0.476 e. The Kier molecular flexibility index (Phi) is 9.74. The minimum atomic E-state index is -1.06. The fraction of sp³-hybridized carbons (Fsp3) is 0.769. The summed E-state index contributed by atoms with van der Waals surface area (Å²) in [7, 11) is 0. The number of halogens is 1. The third-order valence-electron chi connectivity index (χ3n) is 13.2. The number of esters is 1. The maximum atomic E-state index is 13.3. The number of allylic oxidation sites excluding steroid dienone is 1. The predicted octanol–water partition coefficient (Wildman–Crippen LogP) is 11.1. The molecule has 1 aromatic rings. The standard InChI is InChI=1S/C39H59ClO3/c1-9-27(25(2)3)11-10-26(4)33-18-19-34-32-17-12-28-24-31(20-22-38(28,7)35(32)21-23-39(33,34)8)42-36(41)37(5,6)43-30-15-13-29(40)14-16-30/h12-16,25-27,31-35H,9-11,17-24H2,1-8H3/t26-,27-,31?,32+,33-,34+,35+,38+,39-/m1/s1. The fourth-order valence-corrected chi connectivity index (χ4v) is 10.6. The van der Waals surface area contributed by atoms with E-state index in [1.807, 2.05) is 0 Å². The van der Waals surface area contributed by atoms with Gasteiger partial charge in [0.1, 0.15) is 11.9 Å². The average Bonchev–Trinajstić information content (AvgIpc) is 3.31. The highest BCUT2D eigenvalue weighted by atomic mass is 35.5. The Bertz CT molecular complexity index is 1150. The first-order valence-corrected chi connectivity index (χ1v) is 18.0. The first-order valence-electron chi connectivity index (χ1n) is 17.6. The van der Waals surface area contributed by atoms with Crippen molar-refractivity contribution in [2.24, 2.45) is 52.3 Å². The van der Waals surface area contributed by atoms with Gasteiger partial charge < -0.3 is 9.47 Å². The summed E-state index contributed by atoms with van der Waals surface area (Å²) in [5, 5.41) is 0.646. The summed E-state index contributed by atoms with van der Waals surface area (Å²) < 4.78 is 12.2. The molecule has 0 spiro atoms. The largest absolute Gasteiger partial charge is 0.476 e. The average molecular weight is 611 g/mol. The molecule has 0 radical (unpaired) electrons. The molecule has 43 heavy (non-hydrogen) atoms. The quantitative estimate of drug-likeness (QED) is 0.195. The molecule has 0 saturated heterocycles. The maximum absolute atomic E-state index is 13.3. The summed E-state index contributed by atoms with van der Waals surface area (Å²) in [6, 6.07) is 7.14. The van der Waals surface area contributed by atoms with Crippen molar-refractivity contribution in [3.8, 4) is 5.75 Å². The number of benzene rings is 1. The van der Waals surface area contributed by atoms with Crippen molar-refractivity contribution in [3.05, 3.63) is 40.9 Å². The van der Waals surface area contributed by atoms with E-state index in [2.05, 4.69) is 47.6 Å². The lowest BCUT2D eigenvalue weighted by molar-refractivity contribution is -0.167. The fourth-order valence-electron chi connectivity index (χ4n) is 10.5. The van der Waals surface area contributed by atoms with E-state index in [9.17, 15) is 4.79 Å². The first-order chi connectivity index (χ1) is 20.3. The van der Waals surface area contributed by atoms with Crippen molar-refractivity contribution >= 4 is 17.6 Å². The van der Waals surface area contributed by atoms with Gasteiger partial charge in [0, 0.05) is 11.4 Å². The van der Waals surface area contributed by atoms with Crippen molar-refractivity contribution in [3.63, 3.8) is 0 Å². The first kappa shape index (κ1) is 32.9. The molecule has 5 rings (SSSR count). The van der Waals surface area contributed by atoms with E-state index in [0.29, 0.717) is 16.2 Å². The highest BCUT2D eigenvalue weighted by Gasteiger charge is 2.59. The molecular formula is C39H59ClO3. The molecule has 4 aliphatic rings. The zero-order valence-corrected chi connectivity index (χ0v) is 29.1. The van der Waals surface area contributed by atoms with Crippen LogP contribution in [0.2, 0.25) is 5.02 Å². The number of ether oxygens (including phenoxy) is 2. The van der Waals surface area contributed by atoms with Gasteiger partial charge in [-0.25, -0.2) is 4.79 Å². The van der Waals surface area contributed by atoms with Crippen LogP contribution in [0.3, 0.4) is 0 Å². The summed E-state index contributed by atoms with van der Waals surface area (Å²) in [4.78, 5) is 13.3. The van der Waals surface area contributed by atoms with Crippen LogP contribution in [0.15, 0.2) is 35.9 Å². The van der Waals surface area contributed by atoms with Crippen LogP contribution in [0.25, 0.3) is 0 Å². The molecule has 0 bridgehead atoms. The van der Waals surface area contributed by atoms with Gasteiger partial charge in [-0.3, -0.25) is 0 Å². The van der Waals surface area contributed by atoms with Crippen LogP contribution in [-0.4, -0.2) is 17.7 Å². The van der Waals surface area contributed by atoms with Crippen molar-refractivity contribution in [2.45, 2.75) is 138 Å². The Hall–Kier alpha value is -1.48. The second kappa shape index (κ2) is 12.7. The summed E-state index contributed by atoms with van der Waals surface area (Å²) in [6.07, 6.45) is 16.4. The van der Waals surface area contributed by atoms with Crippen LogP contribution < -0.4 is 4.74 Å². The van der Waals surface area contributed by atoms with Gasteiger partial charge in [0.25, 0.3) is 0 Å². The summed E-state index contributed by atoms with van der Waals surface area (Å²) in [5.74, 6) is 6.18. The second-order valence-corrected chi connectivity index (χ2v) is 16.7. The molecule has 1 aromatic carbocycles. The number of hydrogen-bond acceptors (Lipinski definition) is 3. The lowest BCUT2D eigenvalue weighted by Crippen LogP contribution is -2.51. The van der Waals surface area contributed by atoms with Gasteiger partial charge in [0.05, 0.1) is 0 Å². The topological polar surface area (TPSA) is 35.5 Å². The number of carbonyl (C=O) groups is 1. The Morgan fingerprint density at radius 1 is 1.00 bits per heavy atom. The smallest absolute Gasteiger partial charge is 0.350 e. The van der Waals surface area contributed by atoms with E-state index in [1.54, 1.807) is 43.7 Å². The van der Waals surface area contributed by atoms with Crippen LogP contribution in [0.4, 0.5) is 0 Å². The van der Waals surface area contributed by atoms with E-state index < -0.39 is 5.60 Å². The van der Waals surface area contributed by atoms with Gasteiger partial charge in [-0.05, 0) is 142 Å². The molecule has 3 fully saturated rings. The molecule has 0 amide bonds. The summed E-state index contributed by atoms with van der Waals surface area (Å²) in [5.41, 5.74) is 1.25. The van der Waals surface area contributed by atoms with Crippen LogP contribution in [-0.2, 0) is 9.53 Å². The van der Waals surface area contributed by atoms with Gasteiger partial charge in [-0.15, -0.1) is 0 Å². The molecular weight excluding hydrogens is 552 g/mol. The van der Waals surface area contributed by atoms with Crippen LogP contribution >= 0.6 is 11.6 Å². The lowest BCUT2D eigenvalue weighted by Gasteiger charge is -2.58. The molecule has 3 saturated carbocycles. The molecule has 0 N–H and O–H groups in total. The van der Waals surface area contributed by atoms with Crippen LogP contribution in [0, 0.1) is 52.3 Å². The second-order valence-electron chi connectivity index (χ2n) is 16.3. The number of fused-ring (bicyclic) bond motifs is 5. The zero-order chi connectivity index (χ0) is 31.2. The Labute approximate surface area is 267 Å². The minimum absolute atomic E-state index is 0.0696. The molecule has 0 heterocycles. The zero-order valence-electron chi connectivity index (χ0n) is 28.4. The molecule has 4 aliphatic carbocycles. The van der Waals surface area contributed by atoms with Gasteiger partial charge >= 0.3 is 5.97 Å².